The number of hydrogen-bond donors (Lipinski definition) is 0. The molecule has 0 saturated heterocycles. The summed E-state index contributed by atoms with van der Waals surface area (Å²) in [5.41, 5.74) is 3.15. The van der Waals surface area contributed by atoms with Crippen molar-refractivity contribution in [2.75, 3.05) is 13.1 Å². The van der Waals surface area contributed by atoms with Crippen LogP contribution in [0.3, 0.4) is 0 Å². The molecule has 0 N–H and O–H groups in total. The van der Waals surface area contributed by atoms with Gasteiger partial charge in [-0.2, -0.15) is 0 Å². The lowest BCUT2D eigenvalue weighted by Crippen LogP contribution is -2.31. The maximum Gasteiger partial charge on any atom is 0.0350 e. The van der Waals surface area contributed by atoms with Crippen molar-refractivity contribution < 1.29 is 0 Å². The van der Waals surface area contributed by atoms with Crippen LogP contribution in [-0.2, 0) is 6.42 Å². The van der Waals surface area contributed by atoms with E-state index in [1.807, 2.05) is 0 Å². The van der Waals surface area contributed by atoms with Crippen LogP contribution in [0, 0.1) is 0 Å². The Kier molecular flexibility index (Phi) is 3.56. The van der Waals surface area contributed by atoms with Crippen LogP contribution in [0.25, 0.3) is 10.8 Å². The first-order valence-electron chi connectivity index (χ1n) is 7.59. The van der Waals surface area contributed by atoms with Crippen LogP contribution < -0.4 is 0 Å². The molecule has 0 radical (unpaired) electrons. The summed E-state index contributed by atoms with van der Waals surface area (Å²) >= 11 is 0. The molecule has 1 atom stereocenters. The predicted octanol–water partition coefficient (Wildman–Crippen LogP) is 4.56. The lowest BCUT2D eigenvalue weighted by molar-refractivity contribution is 0.198. The van der Waals surface area contributed by atoms with E-state index < -0.39 is 0 Å². The average Bonchev–Trinajstić information content (AvgIpc) is 2.46. The third-order valence-corrected chi connectivity index (χ3v) is 4.54. The molecule has 0 aromatic heterocycles. The van der Waals surface area contributed by atoms with Crippen molar-refractivity contribution in [1.82, 2.24) is 4.90 Å². The van der Waals surface area contributed by atoms with E-state index in [0.717, 1.165) is 13.1 Å². The van der Waals surface area contributed by atoms with Crippen LogP contribution in [0.5, 0.6) is 0 Å². The second kappa shape index (κ2) is 5.34. The molecule has 0 amide bonds. The molecule has 2 aromatic rings. The fourth-order valence-electron chi connectivity index (χ4n) is 3.52. The van der Waals surface area contributed by atoms with E-state index in [1.54, 1.807) is 11.1 Å². The zero-order valence-electron chi connectivity index (χ0n) is 12.0. The van der Waals surface area contributed by atoms with Crippen LogP contribution >= 0.6 is 0 Å². The Morgan fingerprint density at radius 1 is 1.05 bits per heavy atom. The highest BCUT2D eigenvalue weighted by Gasteiger charge is 2.24. The number of aryl methyl sites for hydroxylation is 1. The van der Waals surface area contributed by atoms with Gasteiger partial charge >= 0.3 is 0 Å². The molecule has 19 heavy (non-hydrogen) atoms. The van der Waals surface area contributed by atoms with E-state index in [1.165, 1.54) is 30.0 Å². The predicted molar refractivity (Wildman–Crippen MR) is 82.5 cm³/mol. The van der Waals surface area contributed by atoms with Gasteiger partial charge in [-0.15, -0.1) is 0 Å². The van der Waals surface area contributed by atoms with Crippen molar-refractivity contribution in [2.24, 2.45) is 0 Å². The lowest BCUT2D eigenvalue weighted by Gasteiger charge is -2.34. The van der Waals surface area contributed by atoms with Gasteiger partial charge in [0.15, 0.2) is 0 Å². The summed E-state index contributed by atoms with van der Waals surface area (Å²) < 4.78 is 0. The molecular weight excluding hydrogens is 230 g/mol. The molecule has 0 spiro atoms. The topological polar surface area (TPSA) is 3.24 Å². The van der Waals surface area contributed by atoms with E-state index in [4.69, 9.17) is 0 Å². The summed E-state index contributed by atoms with van der Waals surface area (Å²) in [4.78, 5) is 2.60. The Morgan fingerprint density at radius 3 is 2.42 bits per heavy atom. The minimum atomic E-state index is 0.628. The monoisotopic (exact) mass is 253 g/mol. The second-order valence-corrected chi connectivity index (χ2v) is 5.53. The first kappa shape index (κ1) is 12.7. The minimum Gasteiger partial charge on any atom is -0.297 e. The highest BCUT2D eigenvalue weighted by atomic mass is 15.1. The van der Waals surface area contributed by atoms with Gasteiger partial charge in [-0.1, -0.05) is 44.2 Å². The van der Waals surface area contributed by atoms with E-state index in [9.17, 15) is 0 Å². The van der Waals surface area contributed by atoms with Crippen LogP contribution in [0.2, 0.25) is 0 Å². The van der Waals surface area contributed by atoms with E-state index in [2.05, 4.69) is 55.1 Å². The van der Waals surface area contributed by atoms with Gasteiger partial charge in [-0.25, -0.2) is 0 Å². The van der Waals surface area contributed by atoms with Gasteiger partial charge in [0, 0.05) is 6.04 Å². The van der Waals surface area contributed by atoms with Crippen LogP contribution in [0.15, 0.2) is 36.4 Å². The van der Waals surface area contributed by atoms with Gasteiger partial charge in [0.1, 0.15) is 0 Å². The molecule has 1 heteroatoms. The molecule has 0 heterocycles. The fraction of sp³-hybridized carbons (Fsp3) is 0.444. The highest BCUT2D eigenvalue weighted by Crippen LogP contribution is 2.36. The fourth-order valence-corrected chi connectivity index (χ4v) is 3.52. The van der Waals surface area contributed by atoms with Gasteiger partial charge in [-0.3, -0.25) is 4.90 Å². The molecular formula is C18H23N. The van der Waals surface area contributed by atoms with Crippen molar-refractivity contribution in [3.8, 4) is 0 Å². The zero-order valence-corrected chi connectivity index (χ0v) is 12.0. The van der Waals surface area contributed by atoms with Gasteiger partial charge in [0.05, 0.1) is 0 Å². The number of nitrogens with zero attached hydrogens (tertiary/aromatic N) is 1. The summed E-state index contributed by atoms with van der Waals surface area (Å²) in [5.74, 6) is 0. The summed E-state index contributed by atoms with van der Waals surface area (Å²) in [6.45, 7) is 6.85. The maximum atomic E-state index is 2.60. The Hall–Kier alpha value is -1.34. The lowest BCUT2D eigenvalue weighted by atomic mass is 9.85. The molecule has 1 aliphatic rings. The van der Waals surface area contributed by atoms with Crippen molar-refractivity contribution >= 4 is 10.8 Å². The maximum absolute atomic E-state index is 2.60. The van der Waals surface area contributed by atoms with Crippen LogP contribution in [-0.4, -0.2) is 18.0 Å². The molecule has 100 valence electrons. The quantitative estimate of drug-likeness (QED) is 0.775. The molecule has 2 aromatic carbocycles. The number of fused-ring (bicyclic) bond motifs is 2. The average molecular weight is 253 g/mol. The molecule has 0 bridgehead atoms. The normalized spacial score (nSPS) is 18.8. The molecule has 0 saturated carbocycles. The second-order valence-electron chi connectivity index (χ2n) is 5.53. The highest BCUT2D eigenvalue weighted by molar-refractivity contribution is 5.84. The Bertz CT molecular complexity index is 569. The Balaban J connectivity index is 2.10. The SMILES string of the molecule is CCN(CC)C1CCCc2cc3ccccc3cc21. The summed E-state index contributed by atoms with van der Waals surface area (Å²) in [6, 6.07) is 14.2. The standard InChI is InChI=1S/C18H23N/c1-3-19(4-2)18-11-7-10-16-12-14-8-5-6-9-15(14)13-17(16)18/h5-6,8-9,12-13,18H,3-4,7,10-11H2,1-2H3. The number of hydrogen-bond acceptors (Lipinski definition) is 1. The molecule has 0 aliphatic heterocycles. The smallest absolute Gasteiger partial charge is 0.0350 e. The molecule has 1 unspecified atom stereocenters. The summed E-state index contributed by atoms with van der Waals surface area (Å²) in [6.07, 6.45) is 3.89. The zero-order chi connectivity index (χ0) is 13.2. The van der Waals surface area contributed by atoms with Crippen molar-refractivity contribution in [3.63, 3.8) is 0 Å². The number of rotatable bonds is 3. The van der Waals surface area contributed by atoms with E-state index in [0.29, 0.717) is 6.04 Å². The Labute approximate surface area is 116 Å². The van der Waals surface area contributed by atoms with E-state index in [-0.39, 0.29) is 0 Å². The number of benzene rings is 2. The summed E-state index contributed by atoms with van der Waals surface area (Å²) in [7, 11) is 0. The molecule has 1 aliphatic carbocycles. The summed E-state index contributed by atoms with van der Waals surface area (Å²) in [5, 5.41) is 2.78. The minimum absolute atomic E-state index is 0.628. The first-order chi connectivity index (χ1) is 9.33. The van der Waals surface area contributed by atoms with Crippen molar-refractivity contribution in [3.05, 3.63) is 47.5 Å². The van der Waals surface area contributed by atoms with Gasteiger partial charge < -0.3 is 0 Å². The molecule has 0 fully saturated rings. The van der Waals surface area contributed by atoms with Crippen molar-refractivity contribution in [1.29, 1.82) is 0 Å². The van der Waals surface area contributed by atoms with Crippen LogP contribution in [0.4, 0.5) is 0 Å². The first-order valence-corrected chi connectivity index (χ1v) is 7.59. The van der Waals surface area contributed by atoms with E-state index >= 15 is 0 Å². The third kappa shape index (κ3) is 2.28. The molecule has 3 rings (SSSR count). The van der Waals surface area contributed by atoms with Gasteiger partial charge in [0.2, 0.25) is 0 Å². The van der Waals surface area contributed by atoms with Gasteiger partial charge in [0.25, 0.3) is 0 Å². The third-order valence-electron chi connectivity index (χ3n) is 4.54. The largest absolute Gasteiger partial charge is 0.297 e. The molecule has 1 nitrogen and oxygen atoms in total. The van der Waals surface area contributed by atoms with Crippen molar-refractivity contribution in [2.45, 2.75) is 39.2 Å². The Morgan fingerprint density at radius 2 is 1.74 bits per heavy atom. The van der Waals surface area contributed by atoms with Crippen LogP contribution in [0.1, 0.15) is 43.9 Å². The van der Waals surface area contributed by atoms with Gasteiger partial charge in [-0.05, 0) is 60.3 Å².